The predicted octanol–water partition coefficient (Wildman–Crippen LogP) is 0.720. The summed E-state index contributed by atoms with van der Waals surface area (Å²) < 4.78 is 11.3. The van der Waals surface area contributed by atoms with Gasteiger partial charge in [-0.2, -0.15) is 0 Å². The average molecular weight is 447 g/mol. The minimum Gasteiger partial charge on any atom is -0.505 e. The Labute approximate surface area is 187 Å². The lowest BCUT2D eigenvalue weighted by Gasteiger charge is -2.36. The average Bonchev–Trinajstić information content (AvgIpc) is 2.72. The number of amides is 3. The largest absolute Gasteiger partial charge is 0.505 e. The quantitative estimate of drug-likeness (QED) is 0.621. The summed E-state index contributed by atoms with van der Waals surface area (Å²) in [5, 5.41) is 15.4. The molecule has 0 radical (unpaired) electrons. The SMILES string of the molecule is C=C1CCCN(CC)C(=O)C(NC(=O)c2ncccc2O)C(C)NC(=O)C(C2CCO2)O1. The molecule has 2 aliphatic rings. The van der Waals surface area contributed by atoms with Crippen molar-refractivity contribution in [2.45, 2.75) is 57.4 Å². The summed E-state index contributed by atoms with van der Waals surface area (Å²) >= 11 is 0. The standard InChI is InChI=1S/C22H30N4O6/c1-4-26-11-6-7-13(2)32-19(16-9-12-31-16)21(29)24-14(3)17(22(26)30)25-20(28)18-15(27)8-5-10-23-18/h5,8,10,14,16-17,19,27H,2,4,6-7,9,11-12H2,1,3H3,(H,24,29)(H,25,28). The molecule has 10 nitrogen and oxygen atoms in total. The zero-order valence-electron chi connectivity index (χ0n) is 18.4. The van der Waals surface area contributed by atoms with E-state index in [0.717, 1.165) is 0 Å². The second-order valence-electron chi connectivity index (χ2n) is 7.92. The Morgan fingerprint density at radius 1 is 1.44 bits per heavy atom. The van der Waals surface area contributed by atoms with Crippen LogP contribution in [0.4, 0.5) is 0 Å². The van der Waals surface area contributed by atoms with Crippen LogP contribution in [-0.2, 0) is 19.1 Å². The molecule has 2 fully saturated rings. The van der Waals surface area contributed by atoms with Crippen LogP contribution < -0.4 is 10.6 Å². The van der Waals surface area contributed by atoms with Crippen LogP contribution in [-0.4, -0.2) is 76.7 Å². The number of nitrogens with zero attached hydrogens (tertiary/aromatic N) is 2. The highest BCUT2D eigenvalue weighted by Gasteiger charge is 2.39. The number of aromatic hydroxyl groups is 1. The number of ether oxygens (including phenoxy) is 2. The second-order valence-corrected chi connectivity index (χ2v) is 7.92. The van der Waals surface area contributed by atoms with Crippen LogP contribution in [0.5, 0.6) is 5.75 Å². The molecule has 0 aliphatic carbocycles. The minimum atomic E-state index is -1.07. The van der Waals surface area contributed by atoms with Gasteiger partial charge in [0, 0.05) is 38.7 Å². The first-order valence-electron chi connectivity index (χ1n) is 10.8. The maximum atomic E-state index is 13.3. The van der Waals surface area contributed by atoms with E-state index in [2.05, 4.69) is 22.2 Å². The van der Waals surface area contributed by atoms with Gasteiger partial charge in [-0.05, 0) is 32.4 Å². The normalized spacial score (nSPS) is 27.3. The number of hydrogen-bond donors (Lipinski definition) is 3. The van der Waals surface area contributed by atoms with Gasteiger partial charge in [-0.15, -0.1) is 0 Å². The second kappa shape index (κ2) is 10.4. The van der Waals surface area contributed by atoms with Gasteiger partial charge in [0.05, 0.1) is 11.8 Å². The van der Waals surface area contributed by atoms with E-state index in [-0.39, 0.29) is 23.5 Å². The number of carbonyl (C=O) groups excluding carboxylic acids is 3. The van der Waals surface area contributed by atoms with Gasteiger partial charge in [-0.3, -0.25) is 14.4 Å². The monoisotopic (exact) mass is 446 g/mol. The lowest BCUT2D eigenvalue weighted by atomic mass is 10.0. The highest BCUT2D eigenvalue weighted by atomic mass is 16.6. The molecule has 1 aromatic rings. The molecule has 3 N–H and O–H groups in total. The fourth-order valence-electron chi connectivity index (χ4n) is 3.69. The van der Waals surface area contributed by atoms with Crippen molar-refractivity contribution in [3.63, 3.8) is 0 Å². The van der Waals surface area contributed by atoms with Crippen LogP contribution in [0.1, 0.15) is 43.6 Å². The van der Waals surface area contributed by atoms with Gasteiger partial charge >= 0.3 is 0 Å². The summed E-state index contributed by atoms with van der Waals surface area (Å²) in [5.74, 6) is -1.34. The van der Waals surface area contributed by atoms with E-state index < -0.39 is 30.0 Å². The molecule has 1 aromatic heterocycles. The molecule has 2 aliphatic heterocycles. The number of nitrogens with one attached hydrogen (secondary N) is 2. The molecule has 0 bridgehead atoms. The van der Waals surface area contributed by atoms with Gasteiger partial charge in [-0.1, -0.05) is 6.58 Å². The molecule has 0 aromatic carbocycles. The molecule has 32 heavy (non-hydrogen) atoms. The number of carbonyl (C=O) groups is 3. The van der Waals surface area contributed by atoms with E-state index >= 15 is 0 Å². The van der Waals surface area contributed by atoms with Gasteiger partial charge in [0.25, 0.3) is 11.8 Å². The summed E-state index contributed by atoms with van der Waals surface area (Å²) in [6.07, 6.45) is 1.86. The topological polar surface area (TPSA) is 130 Å². The van der Waals surface area contributed by atoms with Crippen LogP contribution in [0, 0.1) is 0 Å². The fraction of sp³-hybridized carbons (Fsp3) is 0.545. The number of likely N-dealkylation sites (N-methyl/N-ethyl adjacent to an activating group) is 1. The first-order chi connectivity index (χ1) is 15.3. The Morgan fingerprint density at radius 3 is 2.81 bits per heavy atom. The molecule has 3 amide bonds. The zero-order valence-corrected chi connectivity index (χ0v) is 18.4. The number of rotatable bonds is 4. The number of pyridine rings is 1. The summed E-state index contributed by atoms with van der Waals surface area (Å²) in [4.78, 5) is 44.6. The lowest BCUT2D eigenvalue weighted by Crippen LogP contribution is -2.61. The van der Waals surface area contributed by atoms with Crippen LogP contribution in [0.15, 0.2) is 30.7 Å². The Kier molecular flexibility index (Phi) is 7.68. The van der Waals surface area contributed by atoms with Gasteiger partial charge in [-0.25, -0.2) is 4.98 Å². The summed E-state index contributed by atoms with van der Waals surface area (Å²) in [5.41, 5.74) is -0.201. The molecule has 0 spiro atoms. The highest BCUT2D eigenvalue weighted by molar-refractivity contribution is 5.98. The van der Waals surface area contributed by atoms with Crippen molar-refractivity contribution >= 4 is 17.7 Å². The molecule has 3 heterocycles. The van der Waals surface area contributed by atoms with E-state index in [1.165, 1.54) is 18.3 Å². The third-order valence-electron chi connectivity index (χ3n) is 5.63. The fourth-order valence-corrected chi connectivity index (χ4v) is 3.69. The maximum absolute atomic E-state index is 13.3. The lowest BCUT2D eigenvalue weighted by molar-refractivity contribution is -0.157. The molecule has 2 saturated heterocycles. The Morgan fingerprint density at radius 2 is 2.19 bits per heavy atom. The number of allylic oxidation sites excluding steroid dienone is 1. The van der Waals surface area contributed by atoms with Crippen LogP contribution >= 0.6 is 0 Å². The van der Waals surface area contributed by atoms with E-state index in [0.29, 0.717) is 44.7 Å². The Bertz CT molecular complexity index is 872. The van der Waals surface area contributed by atoms with Crippen molar-refractivity contribution in [1.29, 1.82) is 0 Å². The van der Waals surface area contributed by atoms with E-state index in [4.69, 9.17) is 9.47 Å². The van der Waals surface area contributed by atoms with Crippen molar-refractivity contribution in [2.24, 2.45) is 0 Å². The summed E-state index contributed by atoms with van der Waals surface area (Å²) in [7, 11) is 0. The summed E-state index contributed by atoms with van der Waals surface area (Å²) in [6.45, 7) is 8.78. The van der Waals surface area contributed by atoms with E-state index in [9.17, 15) is 19.5 Å². The molecular formula is C22H30N4O6. The molecule has 3 rings (SSSR count). The van der Waals surface area contributed by atoms with Crippen LogP contribution in [0.25, 0.3) is 0 Å². The number of hydrogen-bond acceptors (Lipinski definition) is 7. The van der Waals surface area contributed by atoms with Crippen molar-refractivity contribution < 1.29 is 29.0 Å². The highest BCUT2D eigenvalue weighted by Crippen LogP contribution is 2.22. The summed E-state index contributed by atoms with van der Waals surface area (Å²) in [6, 6.07) is 0.990. The van der Waals surface area contributed by atoms with Crippen molar-refractivity contribution in [3.8, 4) is 5.75 Å². The van der Waals surface area contributed by atoms with Crippen molar-refractivity contribution in [1.82, 2.24) is 20.5 Å². The molecule has 0 saturated carbocycles. The Balaban J connectivity index is 1.85. The first kappa shape index (κ1) is 23.5. The molecular weight excluding hydrogens is 416 g/mol. The van der Waals surface area contributed by atoms with Gasteiger partial charge in [0.15, 0.2) is 5.69 Å². The first-order valence-corrected chi connectivity index (χ1v) is 10.8. The number of aromatic nitrogens is 1. The zero-order chi connectivity index (χ0) is 23.3. The molecule has 174 valence electrons. The third-order valence-corrected chi connectivity index (χ3v) is 5.63. The van der Waals surface area contributed by atoms with Crippen molar-refractivity contribution in [2.75, 3.05) is 19.7 Å². The maximum Gasteiger partial charge on any atom is 0.274 e. The molecule has 4 atom stereocenters. The molecule has 4 unspecified atom stereocenters. The van der Waals surface area contributed by atoms with Crippen molar-refractivity contribution in [3.05, 3.63) is 36.4 Å². The van der Waals surface area contributed by atoms with Gasteiger partial charge < -0.3 is 30.1 Å². The van der Waals surface area contributed by atoms with Crippen LogP contribution in [0.3, 0.4) is 0 Å². The van der Waals surface area contributed by atoms with Gasteiger partial charge in [0.1, 0.15) is 17.9 Å². The smallest absolute Gasteiger partial charge is 0.274 e. The van der Waals surface area contributed by atoms with Gasteiger partial charge in [0.2, 0.25) is 12.0 Å². The van der Waals surface area contributed by atoms with Crippen LogP contribution in [0.2, 0.25) is 0 Å². The minimum absolute atomic E-state index is 0.201. The van der Waals surface area contributed by atoms with E-state index in [1.54, 1.807) is 11.8 Å². The Hall–Kier alpha value is -3.14. The predicted molar refractivity (Wildman–Crippen MR) is 115 cm³/mol. The van der Waals surface area contributed by atoms with E-state index in [1.807, 2.05) is 6.92 Å². The molecule has 10 heteroatoms. The third kappa shape index (κ3) is 5.37.